The van der Waals surface area contributed by atoms with Gasteiger partial charge in [-0.05, 0) is 38.1 Å². The van der Waals surface area contributed by atoms with Crippen LogP contribution in [-0.4, -0.2) is 50.7 Å². The summed E-state index contributed by atoms with van der Waals surface area (Å²) in [7, 11) is 3.16. The molecule has 1 amide bonds. The lowest BCUT2D eigenvalue weighted by Crippen LogP contribution is -2.41. The summed E-state index contributed by atoms with van der Waals surface area (Å²) in [5, 5.41) is 3.34. The molecule has 0 spiro atoms. The van der Waals surface area contributed by atoms with Gasteiger partial charge in [0.25, 0.3) is 5.91 Å². The topological polar surface area (TPSA) is 50.8 Å². The maximum atomic E-state index is 12.6. The Hall–Kier alpha value is -1.75. The van der Waals surface area contributed by atoms with E-state index in [0.717, 1.165) is 26.1 Å². The van der Waals surface area contributed by atoms with Gasteiger partial charge in [-0.3, -0.25) is 4.79 Å². The van der Waals surface area contributed by atoms with Crippen LogP contribution in [0.25, 0.3) is 0 Å². The number of hydrogen-bond acceptors (Lipinski definition) is 4. The van der Waals surface area contributed by atoms with E-state index < -0.39 is 0 Å². The molecule has 0 aromatic heterocycles. The zero-order valence-corrected chi connectivity index (χ0v) is 12.3. The summed E-state index contributed by atoms with van der Waals surface area (Å²) in [4.78, 5) is 14.6. The molecule has 1 atom stereocenters. The molecule has 2 rings (SSSR count). The van der Waals surface area contributed by atoms with Crippen LogP contribution in [0.3, 0.4) is 0 Å². The first-order valence-electron chi connectivity index (χ1n) is 6.91. The molecule has 1 heterocycles. The van der Waals surface area contributed by atoms with Gasteiger partial charge in [-0.2, -0.15) is 0 Å². The molecule has 5 nitrogen and oxygen atoms in total. The standard InChI is InChI=1S/C15H22N2O3/c1-11-10-16-7-4-8-17(11)15(18)12-5-6-13(19-2)14(9-12)20-3/h5-6,9,11,16H,4,7-8,10H2,1-3H3. The maximum Gasteiger partial charge on any atom is 0.254 e. The molecular formula is C15H22N2O3. The molecule has 110 valence electrons. The summed E-state index contributed by atoms with van der Waals surface area (Å²) in [5.74, 6) is 1.26. The van der Waals surface area contributed by atoms with Gasteiger partial charge >= 0.3 is 0 Å². The number of methoxy groups -OCH3 is 2. The zero-order chi connectivity index (χ0) is 14.5. The Kier molecular flexibility index (Phi) is 4.84. The molecule has 0 aliphatic carbocycles. The molecule has 1 saturated heterocycles. The van der Waals surface area contributed by atoms with Gasteiger partial charge in [0, 0.05) is 24.7 Å². The van der Waals surface area contributed by atoms with Crippen molar-refractivity contribution in [3.05, 3.63) is 23.8 Å². The highest BCUT2D eigenvalue weighted by Crippen LogP contribution is 2.28. The Morgan fingerprint density at radius 2 is 2.05 bits per heavy atom. The molecule has 1 aromatic rings. The summed E-state index contributed by atoms with van der Waals surface area (Å²) >= 11 is 0. The van der Waals surface area contributed by atoms with Gasteiger partial charge in [0.2, 0.25) is 0 Å². The molecule has 1 N–H and O–H groups in total. The van der Waals surface area contributed by atoms with Gasteiger partial charge < -0.3 is 19.7 Å². The lowest BCUT2D eigenvalue weighted by molar-refractivity contribution is 0.0706. The lowest BCUT2D eigenvalue weighted by Gasteiger charge is -2.27. The van der Waals surface area contributed by atoms with E-state index in [-0.39, 0.29) is 11.9 Å². The maximum absolute atomic E-state index is 12.6. The second-order valence-corrected chi connectivity index (χ2v) is 4.98. The van der Waals surface area contributed by atoms with Gasteiger partial charge in [0.05, 0.1) is 14.2 Å². The minimum atomic E-state index is 0.0437. The van der Waals surface area contributed by atoms with Crippen molar-refractivity contribution in [2.24, 2.45) is 0 Å². The van der Waals surface area contributed by atoms with Gasteiger partial charge in [0.1, 0.15) is 0 Å². The third-order valence-electron chi connectivity index (χ3n) is 3.62. The van der Waals surface area contributed by atoms with Crippen molar-refractivity contribution in [1.82, 2.24) is 10.2 Å². The summed E-state index contributed by atoms with van der Waals surface area (Å²) in [6.45, 7) is 4.64. The van der Waals surface area contributed by atoms with Gasteiger partial charge in [-0.1, -0.05) is 0 Å². The van der Waals surface area contributed by atoms with E-state index >= 15 is 0 Å². The Morgan fingerprint density at radius 1 is 1.30 bits per heavy atom. The van der Waals surface area contributed by atoms with Crippen molar-refractivity contribution >= 4 is 5.91 Å². The molecule has 1 aromatic carbocycles. The predicted octanol–water partition coefficient (Wildman–Crippen LogP) is 1.53. The van der Waals surface area contributed by atoms with E-state index in [4.69, 9.17) is 9.47 Å². The Labute approximate surface area is 119 Å². The molecule has 1 aliphatic heterocycles. The smallest absolute Gasteiger partial charge is 0.254 e. The van der Waals surface area contributed by atoms with Crippen molar-refractivity contribution in [3.63, 3.8) is 0 Å². The first-order chi connectivity index (χ1) is 9.67. The third kappa shape index (κ3) is 3.04. The van der Waals surface area contributed by atoms with Crippen LogP contribution in [0.5, 0.6) is 11.5 Å². The number of ether oxygens (including phenoxy) is 2. The van der Waals surface area contributed by atoms with Crippen molar-refractivity contribution in [2.45, 2.75) is 19.4 Å². The van der Waals surface area contributed by atoms with Crippen molar-refractivity contribution in [2.75, 3.05) is 33.9 Å². The average molecular weight is 278 g/mol. The van der Waals surface area contributed by atoms with Crippen LogP contribution in [0.2, 0.25) is 0 Å². The van der Waals surface area contributed by atoms with Crippen LogP contribution in [0.15, 0.2) is 18.2 Å². The van der Waals surface area contributed by atoms with E-state index in [1.807, 2.05) is 4.90 Å². The average Bonchev–Trinajstić information content (AvgIpc) is 2.70. The molecule has 0 bridgehead atoms. The molecule has 1 aliphatic rings. The third-order valence-corrected chi connectivity index (χ3v) is 3.62. The van der Waals surface area contributed by atoms with Crippen LogP contribution < -0.4 is 14.8 Å². The number of amides is 1. The predicted molar refractivity (Wildman–Crippen MR) is 77.5 cm³/mol. The summed E-state index contributed by atoms with van der Waals surface area (Å²) in [6.07, 6.45) is 0.976. The minimum Gasteiger partial charge on any atom is -0.493 e. The zero-order valence-electron chi connectivity index (χ0n) is 12.3. The van der Waals surface area contributed by atoms with Crippen LogP contribution in [0.4, 0.5) is 0 Å². The Morgan fingerprint density at radius 3 is 2.75 bits per heavy atom. The largest absolute Gasteiger partial charge is 0.493 e. The van der Waals surface area contributed by atoms with Crippen LogP contribution >= 0.6 is 0 Å². The van der Waals surface area contributed by atoms with E-state index in [9.17, 15) is 4.79 Å². The fourth-order valence-electron chi connectivity index (χ4n) is 2.45. The number of nitrogens with zero attached hydrogens (tertiary/aromatic N) is 1. The minimum absolute atomic E-state index is 0.0437. The summed E-state index contributed by atoms with van der Waals surface area (Å²) in [5.41, 5.74) is 0.636. The van der Waals surface area contributed by atoms with Crippen molar-refractivity contribution in [3.8, 4) is 11.5 Å². The van der Waals surface area contributed by atoms with E-state index in [1.54, 1.807) is 32.4 Å². The number of carbonyl (C=O) groups is 1. The van der Waals surface area contributed by atoms with Crippen LogP contribution in [0, 0.1) is 0 Å². The van der Waals surface area contributed by atoms with E-state index in [0.29, 0.717) is 17.1 Å². The Bertz CT molecular complexity index is 476. The number of nitrogens with one attached hydrogen (secondary N) is 1. The number of rotatable bonds is 3. The van der Waals surface area contributed by atoms with Crippen LogP contribution in [-0.2, 0) is 0 Å². The summed E-state index contributed by atoms with van der Waals surface area (Å²) in [6, 6.07) is 5.49. The Balaban J connectivity index is 2.23. The normalized spacial score (nSPS) is 19.4. The molecule has 0 radical (unpaired) electrons. The highest BCUT2D eigenvalue weighted by atomic mass is 16.5. The number of carbonyl (C=O) groups excluding carboxylic acids is 1. The second kappa shape index (κ2) is 6.61. The molecule has 0 saturated carbocycles. The van der Waals surface area contributed by atoms with E-state index in [1.165, 1.54) is 0 Å². The van der Waals surface area contributed by atoms with Crippen molar-refractivity contribution in [1.29, 1.82) is 0 Å². The molecular weight excluding hydrogens is 256 g/mol. The van der Waals surface area contributed by atoms with E-state index in [2.05, 4.69) is 12.2 Å². The first-order valence-corrected chi connectivity index (χ1v) is 6.91. The molecule has 1 fully saturated rings. The van der Waals surface area contributed by atoms with Gasteiger partial charge in [0.15, 0.2) is 11.5 Å². The highest BCUT2D eigenvalue weighted by Gasteiger charge is 2.23. The van der Waals surface area contributed by atoms with Crippen LogP contribution in [0.1, 0.15) is 23.7 Å². The second-order valence-electron chi connectivity index (χ2n) is 4.98. The fraction of sp³-hybridized carbons (Fsp3) is 0.533. The fourth-order valence-corrected chi connectivity index (χ4v) is 2.45. The number of benzene rings is 1. The van der Waals surface area contributed by atoms with Gasteiger partial charge in [-0.15, -0.1) is 0 Å². The first kappa shape index (κ1) is 14.7. The quantitative estimate of drug-likeness (QED) is 0.911. The molecule has 20 heavy (non-hydrogen) atoms. The highest BCUT2D eigenvalue weighted by molar-refractivity contribution is 5.95. The van der Waals surface area contributed by atoms with Gasteiger partial charge in [-0.25, -0.2) is 0 Å². The molecule has 5 heteroatoms. The monoisotopic (exact) mass is 278 g/mol. The molecule has 1 unspecified atom stereocenters. The summed E-state index contributed by atoms with van der Waals surface area (Å²) < 4.78 is 10.5. The van der Waals surface area contributed by atoms with Crippen molar-refractivity contribution < 1.29 is 14.3 Å². The lowest BCUT2D eigenvalue weighted by atomic mass is 10.1. The number of hydrogen-bond donors (Lipinski definition) is 1. The SMILES string of the molecule is COc1ccc(C(=O)N2CCCNCC2C)cc1OC.